The van der Waals surface area contributed by atoms with Crippen LogP contribution in [0.15, 0.2) is 10.9 Å². The monoisotopic (exact) mass is 192 g/mol. The molecule has 0 fully saturated rings. The van der Waals surface area contributed by atoms with Gasteiger partial charge in [0.05, 0.1) is 17.5 Å². The van der Waals surface area contributed by atoms with Gasteiger partial charge < -0.3 is 4.98 Å². The summed E-state index contributed by atoms with van der Waals surface area (Å²) in [4.78, 5) is 17.2. The highest BCUT2D eigenvalue weighted by atomic mass is 35.5. The molecule has 0 saturated carbocycles. The van der Waals surface area contributed by atoms with Gasteiger partial charge in [-0.15, -0.1) is 23.2 Å². The molecular formula is C6H6Cl2N2O. The predicted octanol–water partition coefficient (Wildman–Crippen LogP) is 1.25. The van der Waals surface area contributed by atoms with Gasteiger partial charge in [-0.3, -0.25) is 4.79 Å². The molecule has 0 unspecified atom stereocenters. The number of alkyl halides is 2. The molecule has 0 spiro atoms. The van der Waals surface area contributed by atoms with Crippen LogP contribution >= 0.6 is 23.2 Å². The summed E-state index contributed by atoms with van der Waals surface area (Å²) in [5.74, 6) is 0.878. The standard InChI is InChI=1S/C6H6Cl2N2O/c7-2-4-1-6(11)10-5(3-8)9-4/h1H,2-3H2,(H,9,10,11). The number of hydrogen-bond acceptors (Lipinski definition) is 2. The Morgan fingerprint density at radius 2 is 2.18 bits per heavy atom. The predicted molar refractivity (Wildman–Crippen MR) is 44.0 cm³/mol. The summed E-state index contributed by atoms with van der Waals surface area (Å²) < 4.78 is 0. The van der Waals surface area contributed by atoms with Gasteiger partial charge in [0.2, 0.25) is 0 Å². The van der Waals surface area contributed by atoms with Crippen LogP contribution in [0.25, 0.3) is 0 Å². The second kappa shape index (κ2) is 3.74. The van der Waals surface area contributed by atoms with Crippen LogP contribution in [-0.4, -0.2) is 9.97 Å². The zero-order valence-corrected chi connectivity index (χ0v) is 7.11. The molecule has 0 radical (unpaired) electrons. The van der Waals surface area contributed by atoms with Gasteiger partial charge in [0.15, 0.2) is 0 Å². The van der Waals surface area contributed by atoms with Crippen LogP contribution in [-0.2, 0) is 11.8 Å². The van der Waals surface area contributed by atoms with Crippen molar-refractivity contribution >= 4 is 23.2 Å². The summed E-state index contributed by atoms with van der Waals surface area (Å²) in [6.45, 7) is 0. The molecule has 0 amide bonds. The van der Waals surface area contributed by atoms with E-state index in [0.29, 0.717) is 11.5 Å². The average Bonchev–Trinajstić information content (AvgIpc) is 2.03. The van der Waals surface area contributed by atoms with Crippen LogP contribution in [0.1, 0.15) is 11.5 Å². The molecule has 1 rings (SSSR count). The largest absolute Gasteiger partial charge is 0.310 e. The van der Waals surface area contributed by atoms with Crippen molar-refractivity contribution < 1.29 is 0 Å². The molecule has 0 aliphatic heterocycles. The molecule has 0 bridgehead atoms. The van der Waals surface area contributed by atoms with Crippen molar-refractivity contribution in [1.82, 2.24) is 9.97 Å². The number of H-pyrrole nitrogens is 1. The highest BCUT2D eigenvalue weighted by Crippen LogP contribution is 1.98. The van der Waals surface area contributed by atoms with Crippen LogP contribution in [0.4, 0.5) is 0 Å². The van der Waals surface area contributed by atoms with Crippen molar-refractivity contribution in [3.05, 3.63) is 27.9 Å². The van der Waals surface area contributed by atoms with E-state index in [-0.39, 0.29) is 17.3 Å². The normalized spacial score (nSPS) is 10.0. The van der Waals surface area contributed by atoms with Crippen LogP contribution in [0.5, 0.6) is 0 Å². The zero-order valence-electron chi connectivity index (χ0n) is 5.60. The molecule has 0 aliphatic carbocycles. The highest BCUT2D eigenvalue weighted by Gasteiger charge is 1.97. The fraction of sp³-hybridized carbons (Fsp3) is 0.333. The fourth-order valence-corrected chi connectivity index (χ4v) is 0.958. The van der Waals surface area contributed by atoms with Gasteiger partial charge >= 0.3 is 0 Å². The highest BCUT2D eigenvalue weighted by molar-refractivity contribution is 6.17. The molecule has 1 heterocycles. The lowest BCUT2D eigenvalue weighted by Gasteiger charge is -1.96. The SMILES string of the molecule is O=c1cc(CCl)nc(CCl)[nH]1. The van der Waals surface area contributed by atoms with E-state index < -0.39 is 0 Å². The van der Waals surface area contributed by atoms with Gasteiger partial charge in [0, 0.05) is 6.07 Å². The smallest absolute Gasteiger partial charge is 0.251 e. The van der Waals surface area contributed by atoms with Crippen LogP contribution in [0, 0.1) is 0 Å². The van der Waals surface area contributed by atoms with E-state index in [1.165, 1.54) is 6.07 Å². The van der Waals surface area contributed by atoms with E-state index in [4.69, 9.17) is 23.2 Å². The minimum absolute atomic E-state index is 0.194. The first-order chi connectivity index (χ1) is 5.26. The van der Waals surface area contributed by atoms with Gasteiger partial charge in [-0.25, -0.2) is 4.98 Å². The molecular weight excluding hydrogens is 187 g/mol. The Kier molecular flexibility index (Phi) is 2.91. The van der Waals surface area contributed by atoms with Gasteiger partial charge in [-0.2, -0.15) is 0 Å². The molecule has 1 aromatic rings. The Bertz CT molecular complexity index is 272. The Hall–Kier alpha value is -0.540. The third-order valence-electron chi connectivity index (χ3n) is 1.11. The van der Waals surface area contributed by atoms with Crippen molar-refractivity contribution in [2.75, 3.05) is 0 Å². The number of aromatic nitrogens is 2. The van der Waals surface area contributed by atoms with Crippen molar-refractivity contribution in [2.24, 2.45) is 0 Å². The van der Waals surface area contributed by atoms with E-state index >= 15 is 0 Å². The van der Waals surface area contributed by atoms with E-state index in [0.717, 1.165) is 0 Å². The maximum atomic E-state index is 10.8. The van der Waals surface area contributed by atoms with Crippen molar-refractivity contribution in [3.8, 4) is 0 Å². The average molecular weight is 193 g/mol. The molecule has 0 aromatic carbocycles. The Balaban J connectivity index is 3.12. The summed E-state index contributed by atoms with van der Waals surface area (Å²) >= 11 is 10.9. The maximum Gasteiger partial charge on any atom is 0.251 e. The third-order valence-corrected chi connectivity index (χ3v) is 1.63. The first-order valence-corrected chi connectivity index (χ1v) is 4.04. The maximum absolute atomic E-state index is 10.8. The minimum Gasteiger partial charge on any atom is -0.310 e. The zero-order chi connectivity index (χ0) is 8.27. The van der Waals surface area contributed by atoms with E-state index in [2.05, 4.69) is 9.97 Å². The Morgan fingerprint density at radius 3 is 2.73 bits per heavy atom. The number of nitrogens with one attached hydrogen (secondary N) is 1. The van der Waals surface area contributed by atoms with Gasteiger partial charge in [-0.05, 0) is 0 Å². The lowest BCUT2D eigenvalue weighted by atomic mass is 10.4. The summed E-state index contributed by atoms with van der Waals surface area (Å²) in [7, 11) is 0. The topological polar surface area (TPSA) is 45.8 Å². The van der Waals surface area contributed by atoms with Crippen LogP contribution in [0.3, 0.4) is 0 Å². The fourth-order valence-electron chi connectivity index (χ4n) is 0.695. The summed E-state index contributed by atoms with van der Waals surface area (Å²) in [6.07, 6.45) is 0. The van der Waals surface area contributed by atoms with Crippen LogP contribution < -0.4 is 5.56 Å². The molecule has 60 valence electrons. The van der Waals surface area contributed by atoms with Crippen LogP contribution in [0.2, 0.25) is 0 Å². The molecule has 5 heteroatoms. The van der Waals surface area contributed by atoms with Gasteiger partial charge in [0.1, 0.15) is 5.82 Å². The number of aromatic amines is 1. The molecule has 0 atom stereocenters. The molecule has 11 heavy (non-hydrogen) atoms. The number of hydrogen-bond donors (Lipinski definition) is 1. The molecule has 0 aliphatic rings. The van der Waals surface area contributed by atoms with Crippen molar-refractivity contribution in [3.63, 3.8) is 0 Å². The van der Waals surface area contributed by atoms with Crippen molar-refractivity contribution in [2.45, 2.75) is 11.8 Å². The number of nitrogens with zero attached hydrogens (tertiary/aromatic N) is 1. The lowest BCUT2D eigenvalue weighted by molar-refractivity contribution is 0.957. The third kappa shape index (κ3) is 2.20. The van der Waals surface area contributed by atoms with E-state index in [1.807, 2.05) is 0 Å². The summed E-state index contributed by atoms with van der Waals surface area (Å²) in [5, 5.41) is 0. The number of halogens is 2. The molecule has 1 aromatic heterocycles. The second-order valence-corrected chi connectivity index (χ2v) is 2.49. The summed E-state index contributed by atoms with van der Waals surface area (Å²) in [6, 6.07) is 1.35. The first kappa shape index (κ1) is 8.56. The quantitative estimate of drug-likeness (QED) is 0.718. The Morgan fingerprint density at radius 1 is 1.45 bits per heavy atom. The van der Waals surface area contributed by atoms with E-state index in [9.17, 15) is 4.79 Å². The minimum atomic E-state index is -0.216. The first-order valence-electron chi connectivity index (χ1n) is 2.97. The summed E-state index contributed by atoms with van der Waals surface area (Å²) in [5.41, 5.74) is 0.331. The van der Waals surface area contributed by atoms with Crippen molar-refractivity contribution in [1.29, 1.82) is 0 Å². The van der Waals surface area contributed by atoms with Gasteiger partial charge in [0.25, 0.3) is 5.56 Å². The molecule has 0 saturated heterocycles. The van der Waals surface area contributed by atoms with E-state index in [1.54, 1.807) is 0 Å². The number of rotatable bonds is 2. The molecule has 3 nitrogen and oxygen atoms in total. The second-order valence-electron chi connectivity index (χ2n) is 1.95. The molecule has 1 N–H and O–H groups in total. The van der Waals surface area contributed by atoms with Gasteiger partial charge in [-0.1, -0.05) is 0 Å². The Labute approximate surface area is 73.4 Å². The lowest BCUT2D eigenvalue weighted by Crippen LogP contribution is -2.10.